The maximum Gasteiger partial charge on any atom is 0.254 e. The Balaban J connectivity index is 1.73. The fourth-order valence-electron chi connectivity index (χ4n) is 3.38. The molecule has 2 aromatic carbocycles. The number of rotatable bonds is 4. The van der Waals surface area contributed by atoms with Crippen molar-refractivity contribution in [3.63, 3.8) is 0 Å². The number of carbonyl (C=O) groups excluding carboxylic acids is 2. The van der Waals surface area contributed by atoms with E-state index >= 15 is 0 Å². The van der Waals surface area contributed by atoms with Crippen LogP contribution in [0.4, 0.5) is 5.69 Å². The number of benzene rings is 2. The molecule has 0 saturated carbocycles. The summed E-state index contributed by atoms with van der Waals surface area (Å²) in [6.07, 6.45) is 3.30. The number of anilines is 1. The summed E-state index contributed by atoms with van der Waals surface area (Å²) in [7, 11) is 0. The molecular formula is C22H19N3O2. The molecular weight excluding hydrogens is 338 g/mol. The second-order valence-corrected chi connectivity index (χ2v) is 6.45. The number of aromatic nitrogens is 1. The van der Waals surface area contributed by atoms with Crippen molar-refractivity contribution in [2.45, 2.75) is 12.6 Å². The van der Waals surface area contributed by atoms with Gasteiger partial charge in [0, 0.05) is 24.6 Å². The van der Waals surface area contributed by atoms with E-state index in [0.717, 1.165) is 16.8 Å². The highest BCUT2D eigenvalue weighted by molar-refractivity contribution is 6.06. The van der Waals surface area contributed by atoms with Gasteiger partial charge in [-0.2, -0.15) is 0 Å². The molecule has 3 aromatic rings. The van der Waals surface area contributed by atoms with Gasteiger partial charge >= 0.3 is 0 Å². The van der Waals surface area contributed by atoms with Crippen LogP contribution < -0.4 is 4.90 Å². The highest BCUT2D eigenvalue weighted by Gasteiger charge is 2.40. The number of para-hydroxylation sites is 1. The fourth-order valence-corrected chi connectivity index (χ4v) is 3.38. The first-order valence-electron chi connectivity index (χ1n) is 8.84. The number of carbonyl (C=O) groups is 2. The first-order chi connectivity index (χ1) is 13.2. The van der Waals surface area contributed by atoms with Gasteiger partial charge in [0.2, 0.25) is 5.91 Å². The molecule has 27 heavy (non-hydrogen) atoms. The molecule has 2 heterocycles. The first kappa shape index (κ1) is 17.0. The van der Waals surface area contributed by atoms with Crippen LogP contribution in [0.25, 0.3) is 0 Å². The number of pyridine rings is 1. The lowest BCUT2D eigenvalue weighted by Gasteiger charge is -2.40. The average Bonchev–Trinajstić information content (AvgIpc) is 2.73. The second-order valence-electron chi connectivity index (χ2n) is 6.45. The summed E-state index contributed by atoms with van der Waals surface area (Å²) in [6.45, 7) is 0.429. The van der Waals surface area contributed by atoms with Gasteiger partial charge in [-0.15, -0.1) is 0 Å². The Bertz CT molecular complexity index is 930. The normalized spacial score (nSPS) is 17.3. The molecule has 5 heteroatoms. The second kappa shape index (κ2) is 7.41. The molecule has 0 bridgehead atoms. The van der Waals surface area contributed by atoms with E-state index in [0.29, 0.717) is 6.54 Å². The minimum absolute atomic E-state index is 0.0390. The highest BCUT2D eigenvalue weighted by atomic mass is 16.2. The molecule has 1 atom stereocenters. The van der Waals surface area contributed by atoms with E-state index in [1.807, 2.05) is 60.7 Å². The van der Waals surface area contributed by atoms with Crippen molar-refractivity contribution in [3.05, 3.63) is 96.3 Å². The number of nitrogens with zero attached hydrogens (tertiary/aromatic N) is 3. The Hall–Kier alpha value is -3.47. The molecule has 1 aliphatic rings. The lowest BCUT2D eigenvalue weighted by Crippen LogP contribution is -2.55. The fraction of sp³-hybridized carbons (Fsp3) is 0.136. The van der Waals surface area contributed by atoms with Crippen LogP contribution in [0.5, 0.6) is 0 Å². The maximum atomic E-state index is 13.4. The summed E-state index contributed by atoms with van der Waals surface area (Å²) in [4.78, 5) is 33.7. The van der Waals surface area contributed by atoms with Crippen molar-refractivity contribution in [2.75, 3.05) is 11.4 Å². The standard InChI is InChI=1S/C22H19N3O2/c26-20-16-24(19-9-5-2-6-10-19)22(27)21(18-11-13-23-14-12-18)25(20)15-17-7-3-1-4-8-17/h1-14,21H,15-16H2/t21-/m0/s1. The zero-order valence-corrected chi connectivity index (χ0v) is 14.7. The molecule has 0 spiro atoms. The molecule has 1 aliphatic heterocycles. The van der Waals surface area contributed by atoms with Crippen LogP contribution in [0.3, 0.4) is 0 Å². The first-order valence-corrected chi connectivity index (χ1v) is 8.84. The van der Waals surface area contributed by atoms with Crippen molar-refractivity contribution < 1.29 is 9.59 Å². The Labute approximate surface area is 157 Å². The van der Waals surface area contributed by atoms with Crippen molar-refractivity contribution in [2.24, 2.45) is 0 Å². The predicted octanol–water partition coefficient (Wildman–Crippen LogP) is 3.20. The van der Waals surface area contributed by atoms with Crippen molar-refractivity contribution in [1.29, 1.82) is 0 Å². The smallest absolute Gasteiger partial charge is 0.254 e. The van der Waals surface area contributed by atoms with Gasteiger partial charge in [-0.1, -0.05) is 48.5 Å². The molecule has 5 nitrogen and oxygen atoms in total. The topological polar surface area (TPSA) is 53.5 Å². The van der Waals surface area contributed by atoms with Crippen LogP contribution in [0.15, 0.2) is 85.2 Å². The van der Waals surface area contributed by atoms with Gasteiger partial charge in [0.25, 0.3) is 5.91 Å². The average molecular weight is 357 g/mol. The van der Waals surface area contributed by atoms with E-state index < -0.39 is 6.04 Å². The lowest BCUT2D eigenvalue weighted by atomic mass is 10.0. The summed E-state index contributed by atoms with van der Waals surface area (Å²) in [5, 5.41) is 0. The summed E-state index contributed by atoms with van der Waals surface area (Å²) in [6, 6.07) is 22.0. The van der Waals surface area contributed by atoms with Gasteiger partial charge in [-0.3, -0.25) is 14.6 Å². The van der Waals surface area contributed by atoms with E-state index in [1.54, 1.807) is 34.3 Å². The van der Waals surface area contributed by atoms with Gasteiger partial charge in [-0.25, -0.2) is 0 Å². The van der Waals surface area contributed by atoms with Crippen molar-refractivity contribution in [3.8, 4) is 0 Å². The third-order valence-electron chi connectivity index (χ3n) is 4.71. The Kier molecular flexibility index (Phi) is 4.66. The van der Waals surface area contributed by atoms with Crippen LogP contribution in [0.2, 0.25) is 0 Å². The van der Waals surface area contributed by atoms with Crippen LogP contribution >= 0.6 is 0 Å². The van der Waals surface area contributed by atoms with Crippen LogP contribution in [0.1, 0.15) is 17.2 Å². The van der Waals surface area contributed by atoms with Gasteiger partial charge in [0.1, 0.15) is 12.6 Å². The quantitative estimate of drug-likeness (QED) is 0.720. The molecule has 134 valence electrons. The maximum absolute atomic E-state index is 13.4. The van der Waals surface area contributed by atoms with Crippen molar-refractivity contribution in [1.82, 2.24) is 9.88 Å². The SMILES string of the molecule is O=C1[C@H](c2ccncc2)N(Cc2ccccc2)C(=O)CN1c1ccccc1. The minimum atomic E-state index is -0.672. The Morgan fingerprint density at radius 2 is 1.48 bits per heavy atom. The van der Waals surface area contributed by atoms with Gasteiger partial charge in [-0.05, 0) is 35.4 Å². The molecule has 0 radical (unpaired) electrons. The van der Waals surface area contributed by atoms with Crippen LogP contribution in [-0.2, 0) is 16.1 Å². The number of hydrogen-bond donors (Lipinski definition) is 0. The summed E-state index contributed by atoms with van der Waals surface area (Å²) < 4.78 is 0. The zero-order valence-electron chi connectivity index (χ0n) is 14.7. The monoisotopic (exact) mass is 357 g/mol. The summed E-state index contributed by atoms with van der Waals surface area (Å²) >= 11 is 0. The molecule has 0 aliphatic carbocycles. The van der Waals surface area contributed by atoms with Crippen molar-refractivity contribution >= 4 is 17.5 Å². The molecule has 0 unspecified atom stereocenters. The zero-order chi connectivity index (χ0) is 18.6. The van der Waals surface area contributed by atoms with E-state index in [-0.39, 0.29) is 18.4 Å². The van der Waals surface area contributed by atoms with Crippen LogP contribution in [0, 0.1) is 0 Å². The van der Waals surface area contributed by atoms with E-state index in [9.17, 15) is 9.59 Å². The lowest BCUT2D eigenvalue weighted by molar-refractivity contribution is -0.144. The predicted molar refractivity (Wildman–Crippen MR) is 103 cm³/mol. The van der Waals surface area contributed by atoms with Crippen LogP contribution in [-0.4, -0.2) is 28.2 Å². The summed E-state index contributed by atoms with van der Waals surface area (Å²) in [5.41, 5.74) is 2.49. The number of amides is 2. The van der Waals surface area contributed by atoms with E-state index in [1.165, 1.54) is 0 Å². The van der Waals surface area contributed by atoms with Gasteiger partial charge < -0.3 is 9.80 Å². The van der Waals surface area contributed by atoms with E-state index in [4.69, 9.17) is 0 Å². The molecule has 0 N–H and O–H groups in total. The molecule has 2 amide bonds. The van der Waals surface area contributed by atoms with Gasteiger partial charge in [0.05, 0.1) is 0 Å². The van der Waals surface area contributed by atoms with E-state index in [2.05, 4.69) is 4.98 Å². The number of hydrogen-bond acceptors (Lipinski definition) is 3. The largest absolute Gasteiger partial charge is 0.321 e. The third-order valence-corrected chi connectivity index (χ3v) is 4.71. The Morgan fingerprint density at radius 1 is 0.852 bits per heavy atom. The highest BCUT2D eigenvalue weighted by Crippen LogP contribution is 2.31. The Morgan fingerprint density at radius 3 is 2.15 bits per heavy atom. The molecule has 1 aromatic heterocycles. The number of piperazine rings is 1. The molecule has 1 saturated heterocycles. The third kappa shape index (κ3) is 3.44. The molecule has 1 fully saturated rings. The summed E-state index contributed by atoms with van der Waals surface area (Å²) in [5.74, 6) is -0.188. The van der Waals surface area contributed by atoms with Gasteiger partial charge in [0.15, 0.2) is 0 Å². The minimum Gasteiger partial charge on any atom is -0.321 e. The molecule has 4 rings (SSSR count).